The van der Waals surface area contributed by atoms with Crippen LogP contribution >= 0.6 is 0 Å². The van der Waals surface area contributed by atoms with Gasteiger partial charge in [-0.15, -0.1) is 0 Å². The topological polar surface area (TPSA) is 243 Å². The van der Waals surface area contributed by atoms with E-state index in [1.165, 1.54) is 12.2 Å². The van der Waals surface area contributed by atoms with Gasteiger partial charge in [0.05, 0.1) is 64.8 Å². The van der Waals surface area contributed by atoms with Crippen LogP contribution in [0.25, 0.3) is 0 Å². The number of imide groups is 1. The zero-order valence-corrected chi connectivity index (χ0v) is 33.0. The van der Waals surface area contributed by atoms with Crippen molar-refractivity contribution < 1.29 is 57.2 Å². The fourth-order valence-corrected chi connectivity index (χ4v) is 4.84. The quantitative estimate of drug-likeness (QED) is 0.0479. The summed E-state index contributed by atoms with van der Waals surface area (Å²) in [5.74, 6) is -2.82. The molecule has 0 unspecified atom stereocenters. The van der Waals surface area contributed by atoms with Crippen molar-refractivity contribution >= 4 is 47.2 Å². The second-order valence-corrected chi connectivity index (χ2v) is 14.2. The molecule has 0 bridgehead atoms. The molecule has 1 aromatic carbocycles. The lowest BCUT2D eigenvalue weighted by Crippen LogP contribution is -2.54. The maximum absolute atomic E-state index is 13.4. The van der Waals surface area contributed by atoms with E-state index in [-0.39, 0.29) is 82.7 Å². The standard InChI is InChI=1S/C38H58N6O12/c1-26(2)33(43-30(45)14-17-52-19-21-54-23-24-55-22-20-53-18-16-44-31(46)12-13-32(44)47)35(49)42-29(7-6-15-40-37(39)51)34(48)41-28-10-8-27(9-11-28)25-56-36(50)38(3,4)5/h8-13,26,29,33H,6-7,14-25H2,1-5H3,(H,41,48)(H,42,49)(H,43,45)(H3,39,40,51)/t29-,33-/m0/s1. The minimum atomic E-state index is -1.01. The average Bonchev–Trinajstić information content (AvgIpc) is 3.46. The second kappa shape index (κ2) is 25.3. The molecule has 312 valence electrons. The van der Waals surface area contributed by atoms with E-state index < -0.39 is 41.3 Å². The number of primary amides is 1. The van der Waals surface area contributed by atoms with E-state index in [0.717, 1.165) is 10.5 Å². The number of hydrogen-bond acceptors (Lipinski definition) is 12. The number of ether oxygens (including phenoxy) is 5. The number of nitrogens with one attached hydrogen (secondary N) is 4. The molecule has 2 atom stereocenters. The molecule has 0 aliphatic carbocycles. The number of amides is 7. The molecule has 1 heterocycles. The molecule has 0 fully saturated rings. The van der Waals surface area contributed by atoms with Gasteiger partial charge < -0.3 is 50.7 Å². The summed E-state index contributed by atoms with van der Waals surface area (Å²) in [6.45, 7) is 11.4. The van der Waals surface area contributed by atoms with E-state index in [1.54, 1.807) is 58.9 Å². The number of esters is 1. The number of nitrogens with two attached hydrogens (primary N) is 1. The van der Waals surface area contributed by atoms with Gasteiger partial charge in [-0.05, 0) is 57.2 Å². The first-order valence-electron chi connectivity index (χ1n) is 18.6. The van der Waals surface area contributed by atoms with Gasteiger partial charge in [0, 0.05) is 30.8 Å². The molecule has 6 N–H and O–H groups in total. The smallest absolute Gasteiger partial charge is 0.312 e. The Morgan fingerprint density at radius 1 is 0.768 bits per heavy atom. The normalized spacial score (nSPS) is 13.7. The fraction of sp³-hybridized carbons (Fsp3) is 0.605. The molecule has 1 aliphatic rings. The average molecular weight is 791 g/mol. The number of hydrogen-bond donors (Lipinski definition) is 5. The van der Waals surface area contributed by atoms with Gasteiger partial charge in [-0.2, -0.15) is 0 Å². The zero-order valence-electron chi connectivity index (χ0n) is 33.0. The Hall–Kier alpha value is -4.91. The Morgan fingerprint density at radius 2 is 1.32 bits per heavy atom. The van der Waals surface area contributed by atoms with E-state index in [2.05, 4.69) is 21.3 Å². The molecule has 1 aliphatic heterocycles. The lowest BCUT2D eigenvalue weighted by Gasteiger charge is -2.25. The van der Waals surface area contributed by atoms with Crippen LogP contribution in [-0.4, -0.2) is 124 Å². The first-order chi connectivity index (χ1) is 26.6. The molecule has 18 nitrogen and oxygen atoms in total. The molecule has 0 saturated heterocycles. The highest BCUT2D eigenvalue weighted by Gasteiger charge is 2.29. The Morgan fingerprint density at radius 3 is 1.86 bits per heavy atom. The van der Waals surface area contributed by atoms with Crippen LogP contribution in [0.4, 0.5) is 10.5 Å². The Balaban J connectivity index is 1.71. The number of nitrogens with zero attached hydrogens (tertiary/aromatic N) is 1. The minimum absolute atomic E-state index is 0.00962. The maximum Gasteiger partial charge on any atom is 0.312 e. The van der Waals surface area contributed by atoms with Gasteiger partial charge in [-0.1, -0.05) is 26.0 Å². The Bertz CT molecular complexity index is 1460. The first-order valence-corrected chi connectivity index (χ1v) is 18.6. The van der Waals surface area contributed by atoms with E-state index in [4.69, 9.17) is 29.4 Å². The van der Waals surface area contributed by atoms with E-state index in [1.807, 2.05) is 0 Å². The maximum atomic E-state index is 13.4. The van der Waals surface area contributed by atoms with Crippen molar-refractivity contribution in [3.05, 3.63) is 42.0 Å². The van der Waals surface area contributed by atoms with Crippen LogP contribution in [-0.2, 0) is 59.1 Å². The van der Waals surface area contributed by atoms with E-state index >= 15 is 0 Å². The van der Waals surface area contributed by atoms with Gasteiger partial charge >= 0.3 is 12.0 Å². The van der Waals surface area contributed by atoms with Gasteiger partial charge in [0.15, 0.2) is 0 Å². The van der Waals surface area contributed by atoms with Crippen LogP contribution in [0.5, 0.6) is 0 Å². The number of rotatable bonds is 27. The molecule has 7 amide bonds. The van der Waals surface area contributed by atoms with Crippen LogP contribution < -0.4 is 27.0 Å². The third-order valence-corrected chi connectivity index (χ3v) is 8.02. The van der Waals surface area contributed by atoms with Crippen LogP contribution in [0, 0.1) is 11.3 Å². The molecule has 0 spiro atoms. The van der Waals surface area contributed by atoms with Crippen molar-refractivity contribution in [3.63, 3.8) is 0 Å². The molecule has 56 heavy (non-hydrogen) atoms. The number of urea groups is 1. The highest BCUT2D eigenvalue weighted by atomic mass is 16.6. The molecule has 0 aromatic heterocycles. The van der Waals surface area contributed by atoms with E-state index in [0.29, 0.717) is 38.5 Å². The first kappa shape index (κ1) is 47.2. The molecular weight excluding hydrogens is 732 g/mol. The molecule has 2 rings (SSSR count). The van der Waals surface area contributed by atoms with Crippen molar-refractivity contribution in [2.75, 3.05) is 71.3 Å². The van der Waals surface area contributed by atoms with Crippen molar-refractivity contribution in [2.24, 2.45) is 17.1 Å². The predicted octanol–water partition coefficient (Wildman–Crippen LogP) is 1.17. The molecule has 18 heteroatoms. The third-order valence-electron chi connectivity index (χ3n) is 8.02. The second-order valence-electron chi connectivity index (χ2n) is 14.2. The van der Waals surface area contributed by atoms with Gasteiger partial charge in [-0.3, -0.25) is 33.7 Å². The summed E-state index contributed by atoms with van der Waals surface area (Å²) in [6.07, 6.45) is 2.93. The van der Waals surface area contributed by atoms with Crippen LogP contribution in [0.2, 0.25) is 0 Å². The molecule has 0 radical (unpaired) electrons. The van der Waals surface area contributed by atoms with Crippen molar-refractivity contribution in [1.29, 1.82) is 0 Å². The van der Waals surface area contributed by atoms with Crippen LogP contribution in [0.3, 0.4) is 0 Å². The lowest BCUT2D eigenvalue weighted by molar-refractivity contribution is -0.154. The summed E-state index contributed by atoms with van der Waals surface area (Å²) < 4.78 is 27.1. The summed E-state index contributed by atoms with van der Waals surface area (Å²) >= 11 is 0. The van der Waals surface area contributed by atoms with Gasteiger partial charge in [-0.25, -0.2) is 4.79 Å². The number of anilines is 1. The number of carbonyl (C=O) groups is 7. The lowest BCUT2D eigenvalue weighted by atomic mass is 9.97. The Labute approximate surface area is 327 Å². The van der Waals surface area contributed by atoms with Crippen molar-refractivity contribution in [2.45, 2.75) is 72.6 Å². The summed E-state index contributed by atoms with van der Waals surface area (Å²) in [4.78, 5) is 86.8. The molecular formula is C38H58N6O12. The summed E-state index contributed by atoms with van der Waals surface area (Å²) in [5.41, 5.74) is 5.69. The third kappa shape index (κ3) is 19.1. The number of carbonyl (C=O) groups excluding carboxylic acids is 7. The predicted molar refractivity (Wildman–Crippen MR) is 204 cm³/mol. The SMILES string of the molecule is CC(C)[C@H](NC(=O)CCOCCOCCOCCOCCN1C(=O)C=CC1=O)C(=O)N[C@@H](CCCNC(N)=O)C(=O)Nc1ccc(COC(=O)C(C)(C)C)cc1. The van der Waals surface area contributed by atoms with Gasteiger partial charge in [0.2, 0.25) is 17.7 Å². The highest BCUT2D eigenvalue weighted by Crippen LogP contribution is 2.18. The zero-order chi connectivity index (χ0) is 41.5. The monoisotopic (exact) mass is 790 g/mol. The van der Waals surface area contributed by atoms with Gasteiger partial charge in [0.1, 0.15) is 18.7 Å². The van der Waals surface area contributed by atoms with Crippen LogP contribution in [0.15, 0.2) is 36.4 Å². The summed E-state index contributed by atoms with van der Waals surface area (Å²) in [7, 11) is 0. The highest BCUT2D eigenvalue weighted by molar-refractivity contribution is 6.12. The van der Waals surface area contributed by atoms with Gasteiger partial charge in [0.25, 0.3) is 11.8 Å². The summed E-state index contributed by atoms with van der Waals surface area (Å²) in [5, 5.41) is 10.7. The Kier molecular flexibility index (Phi) is 21.3. The number of benzene rings is 1. The minimum Gasteiger partial charge on any atom is -0.460 e. The van der Waals surface area contributed by atoms with Crippen molar-refractivity contribution in [1.82, 2.24) is 20.9 Å². The largest absolute Gasteiger partial charge is 0.460 e. The van der Waals surface area contributed by atoms with E-state index in [9.17, 15) is 33.6 Å². The molecule has 1 aromatic rings. The van der Waals surface area contributed by atoms with Crippen molar-refractivity contribution in [3.8, 4) is 0 Å². The summed E-state index contributed by atoms with van der Waals surface area (Å²) in [6, 6.07) is 4.06. The fourth-order valence-electron chi connectivity index (χ4n) is 4.84. The molecule has 0 saturated carbocycles. The van der Waals surface area contributed by atoms with Crippen LogP contribution in [0.1, 0.15) is 59.4 Å².